The Morgan fingerprint density at radius 2 is 2.22 bits per heavy atom. The summed E-state index contributed by atoms with van der Waals surface area (Å²) in [7, 11) is 0. The summed E-state index contributed by atoms with van der Waals surface area (Å²) in [5.74, 6) is 0.275. The van der Waals surface area contributed by atoms with Crippen LogP contribution in [0, 0.1) is 17.2 Å². The molecule has 4 nitrogen and oxygen atoms in total. The van der Waals surface area contributed by atoms with E-state index in [1.165, 1.54) is 18.2 Å². The minimum Gasteiger partial charge on any atom is -0.272 e. The first-order valence-corrected chi connectivity index (χ1v) is 9.03. The maximum absolute atomic E-state index is 12.2. The summed E-state index contributed by atoms with van der Waals surface area (Å²) in [5.41, 5.74) is 3.78. The molecule has 0 saturated heterocycles. The van der Waals surface area contributed by atoms with Gasteiger partial charge in [-0.1, -0.05) is 24.6 Å². The fourth-order valence-corrected chi connectivity index (χ4v) is 3.62. The minimum atomic E-state index is -0.192. The molecule has 5 heteroatoms. The van der Waals surface area contributed by atoms with Crippen LogP contribution < -0.4 is 5.43 Å². The van der Waals surface area contributed by atoms with Crippen molar-refractivity contribution >= 4 is 23.4 Å². The van der Waals surface area contributed by atoms with Crippen molar-refractivity contribution < 1.29 is 4.79 Å². The molecule has 0 heterocycles. The first-order chi connectivity index (χ1) is 11.2. The Morgan fingerprint density at radius 3 is 2.96 bits per heavy atom. The highest BCUT2D eigenvalue weighted by molar-refractivity contribution is 8.00. The second-order valence-electron chi connectivity index (χ2n) is 5.79. The summed E-state index contributed by atoms with van der Waals surface area (Å²) < 4.78 is 0. The Balaban J connectivity index is 1.89. The molecule has 2 rings (SSSR count). The van der Waals surface area contributed by atoms with Crippen molar-refractivity contribution in [1.29, 1.82) is 5.26 Å². The molecule has 0 unspecified atom stereocenters. The van der Waals surface area contributed by atoms with Crippen molar-refractivity contribution in [2.75, 3.05) is 0 Å². The second kappa shape index (κ2) is 9.36. The molecular formula is C18H23N3OS. The molecule has 1 fully saturated rings. The zero-order chi connectivity index (χ0) is 16.5. The first kappa shape index (κ1) is 17.6. The highest BCUT2D eigenvalue weighted by Gasteiger charge is 2.21. The topological polar surface area (TPSA) is 65.2 Å². The van der Waals surface area contributed by atoms with Gasteiger partial charge in [-0.3, -0.25) is 4.79 Å². The van der Waals surface area contributed by atoms with Gasteiger partial charge in [0.15, 0.2) is 0 Å². The van der Waals surface area contributed by atoms with E-state index in [9.17, 15) is 4.79 Å². The number of hydrogen-bond donors (Lipinski definition) is 1. The average molecular weight is 329 g/mol. The van der Waals surface area contributed by atoms with Crippen LogP contribution in [0.3, 0.4) is 0 Å². The average Bonchev–Trinajstić information content (AvgIpc) is 2.59. The molecule has 1 aromatic rings. The summed E-state index contributed by atoms with van der Waals surface area (Å²) in [6.07, 6.45) is 5.70. The van der Waals surface area contributed by atoms with Crippen LogP contribution in [0.25, 0.3) is 0 Å². The number of carbonyl (C=O) groups excluding carboxylic acids is 1. The van der Waals surface area contributed by atoms with Crippen molar-refractivity contribution in [3.05, 3.63) is 30.3 Å². The third-order valence-electron chi connectivity index (χ3n) is 4.05. The molecule has 122 valence electrons. The second-order valence-corrected chi connectivity index (χ2v) is 7.21. The maximum atomic E-state index is 12.2. The predicted molar refractivity (Wildman–Crippen MR) is 94.1 cm³/mol. The van der Waals surface area contributed by atoms with E-state index in [2.05, 4.69) is 16.6 Å². The van der Waals surface area contributed by atoms with Crippen LogP contribution in [-0.4, -0.2) is 16.9 Å². The van der Waals surface area contributed by atoms with E-state index in [4.69, 9.17) is 5.26 Å². The Bertz CT molecular complexity index is 580. The molecular weight excluding hydrogens is 306 g/mol. The van der Waals surface area contributed by atoms with E-state index in [0.29, 0.717) is 12.3 Å². The third kappa shape index (κ3) is 5.72. The molecule has 23 heavy (non-hydrogen) atoms. The number of nitrogens with one attached hydrogen (secondary N) is 1. The van der Waals surface area contributed by atoms with Gasteiger partial charge in [0, 0.05) is 22.9 Å². The summed E-state index contributed by atoms with van der Waals surface area (Å²) >= 11 is 1.53. The number of thioether (sulfide) groups is 1. The van der Waals surface area contributed by atoms with Crippen molar-refractivity contribution in [3.8, 4) is 6.07 Å². The van der Waals surface area contributed by atoms with Crippen LogP contribution >= 0.6 is 11.8 Å². The zero-order valence-electron chi connectivity index (χ0n) is 13.5. The van der Waals surface area contributed by atoms with Crippen molar-refractivity contribution in [2.45, 2.75) is 55.6 Å². The van der Waals surface area contributed by atoms with Gasteiger partial charge in [0.1, 0.15) is 0 Å². The SMILES string of the molecule is C[C@H](Sc1ccccc1)C(=O)N/N=C1/CCCC[C@H]1CCC#N. The van der Waals surface area contributed by atoms with Gasteiger partial charge in [0.25, 0.3) is 5.91 Å². The number of nitrogens with zero attached hydrogens (tertiary/aromatic N) is 2. The Morgan fingerprint density at radius 1 is 1.43 bits per heavy atom. The van der Waals surface area contributed by atoms with E-state index in [1.54, 1.807) is 0 Å². The summed E-state index contributed by atoms with van der Waals surface area (Å²) in [4.78, 5) is 13.3. The van der Waals surface area contributed by atoms with Gasteiger partial charge in [-0.05, 0) is 44.7 Å². The number of hydrazone groups is 1. The number of rotatable bonds is 6. The normalized spacial score (nSPS) is 20.7. The van der Waals surface area contributed by atoms with Crippen LogP contribution in [0.4, 0.5) is 0 Å². The Kier molecular flexibility index (Phi) is 7.15. The van der Waals surface area contributed by atoms with Crippen LogP contribution in [-0.2, 0) is 4.79 Å². The van der Waals surface area contributed by atoms with E-state index >= 15 is 0 Å². The Hall–Kier alpha value is -1.80. The molecule has 1 aromatic carbocycles. The summed E-state index contributed by atoms with van der Waals surface area (Å²) in [6, 6.07) is 12.1. The number of nitriles is 1. The highest BCUT2D eigenvalue weighted by Crippen LogP contribution is 2.26. The van der Waals surface area contributed by atoms with Crippen LogP contribution in [0.2, 0.25) is 0 Å². The lowest BCUT2D eigenvalue weighted by atomic mass is 9.84. The van der Waals surface area contributed by atoms with E-state index in [1.807, 2.05) is 37.3 Å². The van der Waals surface area contributed by atoms with Gasteiger partial charge in [-0.25, -0.2) is 5.43 Å². The molecule has 0 aliphatic heterocycles. The highest BCUT2D eigenvalue weighted by atomic mass is 32.2. The van der Waals surface area contributed by atoms with Crippen LogP contribution in [0.5, 0.6) is 0 Å². The van der Waals surface area contributed by atoms with Gasteiger partial charge < -0.3 is 0 Å². The van der Waals surface area contributed by atoms with Crippen LogP contribution in [0.15, 0.2) is 40.3 Å². The molecule has 1 saturated carbocycles. The molecule has 0 aromatic heterocycles. The largest absolute Gasteiger partial charge is 0.272 e. The molecule has 1 aliphatic carbocycles. The number of benzene rings is 1. The zero-order valence-corrected chi connectivity index (χ0v) is 14.3. The van der Waals surface area contributed by atoms with Gasteiger partial charge >= 0.3 is 0 Å². The van der Waals surface area contributed by atoms with Gasteiger partial charge in [-0.15, -0.1) is 11.8 Å². The molecule has 1 aliphatic rings. The third-order valence-corrected chi connectivity index (χ3v) is 5.16. The smallest absolute Gasteiger partial charge is 0.253 e. The molecule has 0 spiro atoms. The number of hydrogen-bond acceptors (Lipinski definition) is 4. The molecule has 0 bridgehead atoms. The molecule has 1 N–H and O–H groups in total. The van der Waals surface area contributed by atoms with Gasteiger partial charge in [0.2, 0.25) is 0 Å². The minimum absolute atomic E-state index is 0.0732. The molecule has 1 amide bonds. The summed E-state index contributed by atoms with van der Waals surface area (Å²) in [5, 5.41) is 12.9. The quantitative estimate of drug-likeness (QED) is 0.630. The van der Waals surface area contributed by atoms with Crippen molar-refractivity contribution in [1.82, 2.24) is 5.43 Å². The van der Waals surface area contributed by atoms with Gasteiger partial charge in [0.05, 0.1) is 11.3 Å². The predicted octanol–water partition coefficient (Wildman–Crippen LogP) is 4.13. The van der Waals surface area contributed by atoms with Crippen molar-refractivity contribution in [3.63, 3.8) is 0 Å². The fraction of sp³-hybridized carbons (Fsp3) is 0.500. The summed E-state index contributed by atoms with van der Waals surface area (Å²) in [6.45, 7) is 1.89. The lowest BCUT2D eigenvalue weighted by Crippen LogP contribution is -2.30. The van der Waals surface area contributed by atoms with Crippen molar-refractivity contribution in [2.24, 2.45) is 11.0 Å². The lowest BCUT2D eigenvalue weighted by Gasteiger charge is -2.23. The number of amides is 1. The molecule has 0 radical (unpaired) electrons. The van der Waals surface area contributed by atoms with Crippen LogP contribution in [0.1, 0.15) is 45.4 Å². The lowest BCUT2D eigenvalue weighted by molar-refractivity contribution is -0.120. The van der Waals surface area contributed by atoms with E-state index in [-0.39, 0.29) is 11.2 Å². The Labute approximate surface area is 142 Å². The standard InChI is InChI=1S/C18H23N3OS/c1-14(23-16-10-3-2-4-11-16)18(22)21-20-17-12-6-5-8-15(17)9-7-13-19/h2-4,10-11,14-15H,5-9,12H2,1H3,(H,21,22)/b20-17-/t14-,15-/m0/s1. The number of carbonyl (C=O) groups is 1. The van der Waals surface area contributed by atoms with E-state index < -0.39 is 0 Å². The fourth-order valence-electron chi connectivity index (χ4n) is 2.74. The monoisotopic (exact) mass is 329 g/mol. The first-order valence-electron chi connectivity index (χ1n) is 8.15. The van der Waals surface area contributed by atoms with Gasteiger partial charge in [-0.2, -0.15) is 10.4 Å². The van der Waals surface area contributed by atoms with E-state index in [0.717, 1.165) is 36.3 Å². The molecule has 2 atom stereocenters. The maximum Gasteiger partial charge on any atom is 0.253 e.